The molecule has 0 amide bonds. The van der Waals surface area contributed by atoms with Crippen molar-refractivity contribution in [2.45, 2.75) is 38.8 Å². The van der Waals surface area contributed by atoms with Gasteiger partial charge in [0.05, 0.1) is 34.3 Å². The molecule has 0 aliphatic carbocycles. The van der Waals surface area contributed by atoms with Crippen molar-refractivity contribution in [2.75, 3.05) is 13.2 Å². The van der Waals surface area contributed by atoms with E-state index in [4.69, 9.17) is 9.72 Å². The Kier molecular flexibility index (Phi) is 5.03. The first-order valence-corrected chi connectivity index (χ1v) is 12.8. The molecule has 2 aliphatic rings. The van der Waals surface area contributed by atoms with Gasteiger partial charge in [0.15, 0.2) is 0 Å². The first kappa shape index (κ1) is 21.5. The fourth-order valence-corrected chi connectivity index (χ4v) is 6.33. The molecule has 6 heteroatoms. The van der Waals surface area contributed by atoms with E-state index < -0.39 is 0 Å². The third-order valence-corrected chi connectivity index (χ3v) is 7.97. The van der Waals surface area contributed by atoms with Crippen molar-refractivity contribution < 1.29 is 4.74 Å². The van der Waals surface area contributed by atoms with Crippen LogP contribution in [0.25, 0.3) is 38.4 Å². The molecule has 5 heterocycles. The predicted molar refractivity (Wildman–Crippen MR) is 144 cm³/mol. The van der Waals surface area contributed by atoms with E-state index in [0.717, 1.165) is 59.4 Å². The van der Waals surface area contributed by atoms with E-state index in [1.807, 2.05) is 19.3 Å². The molecule has 1 fully saturated rings. The van der Waals surface area contributed by atoms with E-state index in [-0.39, 0.29) is 12.1 Å². The summed E-state index contributed by atoms with van der Waals surface area (Å²) in [6.45, 7) is 5.76. The highest BCUT2D eigenvalue weighted by molar-refractivity contribution is 6.19. The van der Waals surface area contributed by atoms with Crippen LogP contribution in [0.4, 0.5) is 0 Å². The number of pyridine rings is 1. The van der Waals surface area contributed by atoms with Gasteiger partial charge in [-0.05, 0) is 62.4 Å². The maximum Gasteiger partial charge on any atom is 0.0967 e. The third kappa shape index (κ3) is 3.24. The molecule has 1 saturated heterocycles. The molecule has 2 atom stereocenters. The second-order valence-electron chi connectivity index (χ2n) is 10.1. The Labute approximate surface area is 209 Å². The van der Waals surface area contributed by atoms with Gasteiger partial charge in [0, 0.05) is 53.0 Å². The predicted octanol–water partition coefficient (Wildman–Crippen LogP) is 7.27. The number of ether oxygens (including phenoxy) is 1. The molecular weight excluding hydrogens is 446 g/mol. The number of nitrogens with one attached hydrogen (secondary N) is 1. The van der Waals surface area contributed by atoms with E-state index >= 15 is 0 Å². The maximum atomic E-state index is 5.78. The van der Waals surface area contributed by atoms with Gasteiger partial charge in [0.2, 0.25) is 0 Å². The smallest absolute Gasteiger partial charge is 0.0967 e. The lowest BCUT2D eigenvalue weighted by atomic mass is 9.86. The summed E-state index contributed by atoms with van der Waals surface area (Å²) in [4.78, 5) is 8.51. The summed E-state index contributed by atoms with van der Waals surface area (Å²) < 4.78 is 8.34. The van der Waals surface area contributed by atoms with E-state index in [1.165, 1.54) is 21.9 Å². The van der Waals surface area contributed by atoms with E-state index in [0.29, 0.717) is 5.92 Å². The zero-order valence-corrected chi connectivity index (χ0v) is 20.6. The van der Waals surface area contributed by atoms with E-state index in [2.05, 4.69) is 81.3 Å². The highest BCUT2D eigenvalue weighted by Gasteiger charge is 2.31. The van der Waals surface area contributed by atoms with Crippen molar-refractivity contribution in [3.63, 3.8) is 0 Å². The standard InChI is InChI=1S/C30H29N5O/c1-18-27(19(2)34-33-18)22-16-26-29(32-17-22)28-23-10-13-31-24(23)8-9-25(28)35(26)30(20-6-4-3-5-7-20)21-11-14-36-15-12-21/h3-10,13,16-18,21,30-31H,11-12,14-15H2,1-2H3/t18?,30-/m1/s1. The molecule has 1 N–H and O–H groups in total. The number of fused-ring (bicyclic) bond motifs is 5. The Morgan fingerprint density at radius 1 is 1.03 bits per heavy atom. The number of aromatic amines is 1. The van der Waals surface area contributed by atoms with Gasteiger partial charge in [-0.2, -0.15) is 10.2 Å². The summed E-state index contributed by atoms with van der Waals surface area (Å²) in [5, 5.41) is 11.2. The van der Waals surface area contributed by atoms with Crippen LogP contribution in [0.5, 0.6) is 0 Å². The first-order valence-electron chi connectivity index (χ1n) is 12.8. The number of azo groups is 1. The molecule has 1 unspecified atom stereocenters. The molecule has 0 radical (unpaired) electrons. The van der Waals surface area contributed by atoms with Crippen LogP contribution in [-0.4, -0.2) is 33.8 Å². The first-order chi connectivity index (χ1) is 17.7. The quantitative estimate of drug-likeness (QED) is 0.297. The summed E-state index contributed by atoms with van der Waals surface area (Å²) in [6.07, 6.45) is 6.11. The molecule has 2 aliphatic heterocycles. The average Bonchev–Trinajstić information content (AvgIpc) is 3.61. The summed E-state index contributed by atoms with van der Waals surface area (Å²) >= 11 is 0. The number of aromatic nitrogens is 3. The van der Waals surface area contributed by atoms with Crippen molar-refractivity contribution in [2.24, 2.45) is 16.1 Å². The van der Waals surface area contributed by atoms with Crippen LogP contribution in [0, 0.1) is 5.92 Å². The van der Waals surface area contributed by atoms with Crippen LogP contribution < -0.4 is 0 Å². The normalized spacial score (nSPS) is 19.8. The number of rotatable bonds is 4. The van der Waals surface area contributed by atoms with Gasteiger partial charge in [0.25, 0.3) is 0 Å². The molecule has 2 aromatic carbocycles. The minimum absolute atomic E-state index is 0.0406. The van der Waals surface area contributed by atoms with Crippen molar-refractivity contribution in [1.82, 2.24) is 14.5 Å². The van der Waals surface area contributed by atoms with Gasteiger partial charge in [-0.25, -0.2) is 0 Å². The highest BCUT2D eigenvalue weighted by atomic mass is 16.5. The van der Waals surface area contributed by atoms with Gasteiger partial charge < -0.3 is 14.3 Å². The van der Waals surface area contributed by atoms with Crippen LogP contribution in [-0.2, 0) is 4.74 Å². The van der Waals surface area contributed by atoms with Crippen LogP contribution in [0.3, 0.4) is 0 Å². The van der Waals surface area contributed by atoms with E-state index in [9.17, 15) is 0 Å². The molecule has 6 nitrogen and oxygen atoms in total. The average molecular weight is 476 g/mol. The topological polar surface area (TPSA) is 67.6 Å². The van der Waals surface area contributed by atoms with Crippen LogP contribution in [0.2, 0.25) is 0 Å². The largest absolute Gasteiger partial charge is 0.381 e. The van der Waals surface area contributed by atoms with Gasteiger partial charge in [-0.1, -0.05) is 30.3 Å². The van der Waals surface area contributed by atoms with Crippen molar-refractivity contribution in [3.05, 3.63) is 83.8 Å². The van der Waals surface area contributed by atoms with Crippen LogP contribution in [0.1, 0.15) is 43.9 Å². The molecular formula is C30H29N5O. The van der Waals surface area contributed by atoms with Crippen molar-refractivity contribution in [3.8, 4) is 0 Å². The molecule has 36 heavy (non-hydrogen) atoms. The monoisotopic (exact) mass is 475 g/mol. The molecule has 180 valence electrons. The molecule has 5 aromatic rings. The van der Waals surface area contributed by atoms with Gasteiger partial charge in [-0.15, -0.1) is 0 Å². The number of nitrogens with zero attached hydrogens (tertiary/aromatic N) is 4. The Morgan fingerprint density at radius 3 is 2.64 bits per heavy atom. The Hall–Kier alpha value is -3.77. The van der Waals surface area contributed by atoms with Crippen molar-refractivity contribution in [1.29, 1.82) is 0 Å². The summed E-state index contributed by atoms with van der Waals surface area (Å²) in [7, 11) is 0. The lowest BCUT2D eigenvalue weighted by Gasteiger charge is -2.33. The Balaban J connectivity index is 1.57. The summed E-state index contributed by atoms with van der Waals surface area (Å²) in [6, 6.07) is 20.1. The molecule has 0 bridgehead atoms. The van der Waals surface area contributed by atoms with Crippen LogP contribution >= 0.6 is 0 Å². The zero-order chi connectivity index (χ0) is 24.2. The number of H-pyrrole nitrogens is 1. The molecule has 0 spiro atoms. The summed E-state index contributed by atoms with van der Waals surface area (Å²) in [5.74, 6) is 0.474. The Morgan fingerprint density at radius 2 is 1.86 bits per heavy atom. The van der Waals surface area contributed by atoms with Crippen molar-refractivity contribution >= 4 is 38.4 Å². The molecule has 3 aromatic heterocycles. The maximum absolute atomic E-state index is 5.78. The second kappa shape index (κ2) is 8.42. The summed E-state index contributed by atoms with van der Waals surface area (Å²) in [5.41, 5.74) is 9.14. The number of hydrogen-bond acceptors (Lipinski definition) is 4. The van der Waals surface area contributed by atoms with Gasteiger partial charge in [-0.3, -0.25) is 4.98 Å². The third-order valence-electron chi connectivity index (χ3n) is 7.97. The minimum Gasteiger partial charge on any atom is -0.381 e. The minimum atomic E-state index is 0.0406. The SMILES string of the molecule is CC1=C(c2cnc3c4c5cc[nH]c5ccc4n([C@H](c4ccccc4)C4CCOCC4)c3c2)C(C)N=N1. The second-order valence-corrected chi connectivity index (χ2v) is 10.1. The fourth-order valence-electron chi connectivity index (χ4n) is 6.33. The lowest BCUT2D eigenvalue weighted by Crippen LogP contribution is -2.26. The Bertz CT molecular complexity index is 1650. The zero-order valence-electron chi connectivity index (χ0n) is 20.6. The van der Waals surface area contributed by atoms with Crippen LogP contribution in [0.15, 0.2) is 82.9 Å². The molecule has 7 rings (SSSR count). The lowest BCUT2D eigenvalue weighted by molar-refractivity contribution is 0.0553. The van der Waals surface area contributed by atoms with E-state index in [1.54, 1.807) is 0 Å². The molecule has 0 saturated carbocycles. The highest BCUT2D eigenvalue weighted by Crippen LogP contribution is 2.43. The van der Waals surface area contributed by atoms with Gasteiger partial charge >= 0.3 is 0 Å². The number of hydrogen-bond donors (Lipinski definition) is 1. The number of benzene rings is 2. The number of allylic oxidation sites excluding steroid dienone is 1. The fraction of sp³-hybridized carbons (Fsp3) is 0.300. The van der Waals surface area contributed by atoms with Gasteiger partial charge in [0.1, 0.15) is 0 Å².